The van der Waals surface area contributed by atoms with E-state index in [9.17, 15) is 9.59 Å². The minimum Gasteiger partial charge on any atom is -0.382 e. The van der Waals surface area contributed by atoms with E-state index in [0.717, 1.165) is 0 Å². The van der Waals surface area contributed by atoms with Gasteiger partial charge in [0.25, 0.3) is 5.91 Å². The van der Waals surface area contributed by atoms with Crippen molar-refractivity contribution < 1.29 is 9.53 Å². The molecular weight excluding hydrogens is 292 g/mol. The highest BCUT2D eigenvalue weighted by Crippen LogP contribution is 2.14. The second-order valence-corrected chi connectivity index (χ2v) is 4.96. The number of aromatic amines is 1. The lowest BCUT2D eigenvalue weighted by atomic mass is 10.1. The van der Waals surface area contributed by atoms with Crippen LogP contribution in [0.4, 0.5) is 0 Å². The van der Waals surface area contributed by atoms with Gasteiger partial charge in [0.05, 0.1) is 0 Å². The predicted octanol–water partition coefficient (Wildman–Crippen LogP) is 2.34. The van der Waals surface area contributed by atoms with Crippen LogP contribution in [-0.4, -0.2) is 30.6 Å². The molecule has 0 atom stereocenters. The van der Waals surface area contributed by atoms with Crippen LogP contribution < -0.4 is 10.7 Å². The van der Waals surface area contributed by atoms with Gasteiger partial charge in [-0.05, 0) is 31.5 Å². The van der Waals surface area contributed by atoms with Crippen LogP contribution in [0.25, 0.3) is 10.9 Å². The SMILES string of the molecule is CCOCCCNC(=O)c1c[nH]c2ccc(Cl)cc2c1=O. The highest BCUT2D eigenvalue weighted by Gasteiger charge is 2.12. The van der Waals surface area contributed by atoms with Crippen molar-refractivity contribution in [3.05, 3.63) is 45.2 Å². The van der Waals surface area contributed by atoms with Crippen molar-refractivity contribution in [1.29, 1.82) is 0 Å². The van der Waals surface area contributed by atoms with Gasteiger partial charge < -0.3 is 15.0 Å². The molecule has 6 heteroatoms. The first-order chi connectivity index (χ1) is 10.1. The van der Waals surface area contributed by atoms with Gasteiger partial charge in [0, 0.05) is 41.9 Å². The Morgan fingerprint density at radius 2 is 2.24 bits per heavy atom. The van der Waals surface area contributed by atoms with Crippen molar-refractivity contribution in [2.75, 3.05) is 19.8 Å². The van der Waals surface area contributed by atoms with E-state index in [0.29, 0.717) is 42.1 Å². The number of amides is 1. The average molecular weight is 309 g/mol. The molecular formula is C15H17ClN2O3. The third kappa shape index (κ3) is 3.83. The number of H-pyrrole nitrogens is 1. The maximum Gasteiger partial charge on any atom is 0.256 e. The van der Waals surface area contributed by atoms with Crippen LogP contribution in [0.2, 0.25) is 5.02 Å². The molecule has 0 spiro atoms. The first kappa shape index (κ1) is 15.5. The summed E-state index contributed by atoms with van der Waals surface area (Å²) in [6.45, 7) is 3.61. The molecule has 0 unspecified atom stereocenters. The number of ether oxygens (including phenoxy) is 1. The number of hydrogen-bond donors (Lipinski definition) is 2. The van der Waals surface area contributed by atoms with E-state index in [4.69, 9.17) is 16.3 Å². The summed E-state index contributed by atoms with van der Waals surface area (Å²) in [5.74, 6) is -0.394. The number of aromatic nitrogens is 1. The molecule has 2 aromatic rings. The van der Waals surface area contributed by atoms with Crippen molar-refractivity contribution >= 4 is 28.4 Å². The number of fused-ring (bicyclic) bond motifs is 1. The van der Waals surface area contributed by atoms with E-state index in [1.807, 2.05) is 6.92 Å². The van der Waals surface area contributed by atoms with Gasteiger partial charge in [-0.1, -0.05) is 11.6 Å². The van der Waals surface area contributed by atoms with E-state index in [1.165, 1.54) is 6.20 Å². The van der Waals surface area contributed by atoms with Crippen molar-refractivity contribution in [1.82, 2.24) is 10.3 Å². The zero-order valence-corrected chi connectivity index (χ0v) is 12.5. The molecule has 0 aliphatic heterocycles. The summed E-state index contributed by atoms with van der Waals surface area (Å²) < 4.78 is 5.18. The van der Waals surface area contributed by atoms with Gasteiger partial charge in [-0.2, -0.15) is 0 Å². The molecule has 0 aliphatic rings. The number of benzene rings is 1. The summed E-state index contributed by atoms with van der Waals surface area (Å²) in [6, 6.07) is 4.96. The van der Waals surface area contributed by atoms with Crippen molar-refractivity contribution in [2.45, 2.75) is 13.3 Å². The fourth-order valence-electron chi connectivity index (χ4n) is 1.98. The maximum absolute atomic E-state index is 12.3. The molecule has 0 radical (unpaired) electrons. The quantitative estimate of drug-likeness (QED) is 0.805. The lowest BCUT2D eigenvalue weighted by molar-refractivity contribution is 0.0943. The van der Waals surface area contributed by atoms with Gasteiger partial charge >= 0.3 is 0 Å². The normalized spacial score (nSPS) is 10.8. The lowest BCUT2D eigenvalue weighted by Crippen LogP contribution is -2.30. The monoisotopic (exact) mass is 308 g/mol. The van der Waals surface area contributed by atoms with Crippen LogP contribution in [0.15, 0.2) is 29.2 Å². The highest BCUT2D eigenvalue weighted by atomic mass is 35.5. The molecule has 0 saturated carbocycles. The molecule has 0 bridgehead atoms. The molecule has 1 heterocycles. The average Bonchev–Trinajstić information content (AvgIpc) is 2.48. The number of nitrogens with one attached hydrogen (secondary N) is 2. The molecule has 1 aromatic carbocycles. The predicted molar refractivity (Wildman–Crippen MR) is 83.0 cm³/mol. The third-order valence-electron chi connectivity index (χ3n) is 3.04. The topological polar surface area (TPSA) is 71.2 Å². The van der Waals surface area contributed by atoms with Gasteiger partial charge in [0.15, 0.2) is 0 Å². The van der Waals surface area contributed by atoms with Gasteiger partial charge in [-0.25, -0.2) is 0 Å². The molecule has 5 nitrogen and oxygen atoms in total. The summed E-state index contributed by atoms with van der Waals surface area (Å²) in [7, 11) is 0. The van der Waals surface area contributed by atoms with Crippen LogP contribution in [0.5, 0.6) is 0 Å². The largest absolute Gasteiger partial charge is 0.382 e. The lowest BCUT2D eigenvalue weighted by Gasteiger charge is -2.06. The molecule has 0 saturated heterocycles. The Bertz CT molecular complexity index is 697. The van der Waals surface area contributed by atoms with E-state index in [1.54, 1.807) is 18.2 Å². The Labute approximate surface area is 127 Å². The summed E-state index contributed by atoms with van der Waals surface area (Å²) in [5.41, 5.74) is 0.409. The molecule has 2 N–H and O–H groups in total. The minimum atomic E-state index is -0.394. The number of hydrogen-bond acceptors (Lipinski definition) is 3. The fourth-order valence-corrected chi connectivity index (χ4v) is 2.15. The third-order valence-corrected chi connectivity index (χ3v) is 3.28. The zero-order valence-electron chi connectivity index (χ0n) is 11.7. The number of pyridine rings is 1. The van der Waals surface area contributed by atoms with Crippen LogP contribution in [-0.2, 0) is 4.74 Å². The summed E-state index contributed by atoms with van der Waals surface area (Å²) >= 11 is 5.89. The highest BCUT2D eigenvalue weighted by molar-refractivity contribution is 6.31. The summed E-state index contributed by atoms with van der Waals surface area (Å²) in [6.07, 6.45) is 2.13. The summed E-state index contributed by atoms with van der Waals surface area (Å²) in [5, 5.41) is 3.57. The number of carbonyl (C=O) groups excluding carboxylic acids is 1. The van der Waals surface area contributed by atoms with Crippen molar-refractivity contribution in [3.63, 3.8) is 0 Å². The minimum absolute atomic E-state index is 0.0844. The molecule has 112 valence electrons. The first-order valence-electron chi connectivity index (χ1n) is 6.80. The molecule has 1 amide bonds. The van der Waals surface area contributed by atoms with Crippen LogP contribution >= 0.6 is 11.6 Å². The molecule has 0 aliphatic carbocycles. The summed E-state index contributed by atoms with van der Waals surface area (Å²) in [4.78, 5) is 27.2. The molecule has 21 heavy (non-hydrogen) atoms. The van der Waals surface area contributed by atoms with Gasteiger partial charge in [-0.15, -0.1) is 0 Å². The first-order valence-corrected chi connectivity index (χ1v) is 7.18. The van der Waals surface area contributed by atoms with Crippen molar-refractivity contribution in [2.24, 2.45) is 0 Å². The zero-order chi connectivity index (χ0) is 15.2. The Hall–Kier alpha value is -1.85. The Morgan fingerprint density at radius 3 is 3.00 bits per heavy atom. The van der Waals surface area contributed by atoms with Crippen LogP contribution in [0, 0.1) is 0 Å². The van der Waals surface area contributed by atoms with E-state index in [-0.39, 0.29) is 11.0 Å². The molecule has 0 fully saturated rings. The van der Waals surface area contributed by atoms with Gasteiger partial charge in [0.1, 0.15) is 5.56 Å². The number of carbonyl (C=O) groups is 1. The Kier molecular flexibility index (Phi) is 5.36. The van der Waals surface area contributed by atoms with Gasteiger partial charge in [0.2, 0.25) is 5.43 Å². The van der Waals surface area contributed by atoms with Crippen LogP contribution in [0.1, 0.15) is 23.7 Å². The maximum atomic E-state index is 12.3. The molecule has 1 aromatic heterocycles. The smallest absolute Gasteiger partial charge is 0.256 e. The van der Waals surface area contributed by atoms with E-state index in [2.05, 4.69) is 10.3 Å². The Morgan fingerprint density at radius 1 is 1.43 bits per heavy atom. The van der Waals surface area contributed by atoms with E-state index < -0.39 is 5.91 Å². The van der Waals surface area contributed by atoms with E-state index >= 15 is 0 Å². The fraction of sp³-hybridized carbons (Fsp3) is 0.333. The van der Waals surface area contributed by atoms with Crippen LogP contribution in [0.3, 0.4) is 0 Å². The number of halogens is 1. The Balaban J connectivity index is 2.13. The van der Waals surface area contributed by atoms with Gasteiger partial charge in [-0.3, -0.25) is 9.59 Å². The number of rotatable bonds is 6. The second-order valence-electron chi connectivity index (χ2n) is 4.53. The second kappa shape index (κ2) is 7.24. The molecule has 2 rings (SSSR count). The van der Waals surface area contributed by atoms with Crippen molar-refractivity contribution in [3.8, 4) is 0 Å². The standard InChI is InChI=1S/C15H17ClN2O3/c1-2-21-7-3-6-17-15(20)12-9-18-13-5-4-10(16)8-11(13)14(12)19/h4-5,8-9H,2-3,6-7H2,1H3,(H,17,20)(H,18,19).